The second kappa shape index (κ2) is 6.09. The molecule has 0 fully saturated rings. The van der Waals surface area contributed by atoms with E-state index < -0.39 is 0 Å². The molecule has 2 heterocycles. The van der Waals surface area contributed by atoms with Crippen LogP contribution in [0.1, 0.15) is 34.0 Å². The van der Waals surface area contributed by atoms with E-state index in [2.05, 4.69) is 35.5 Å². The van der Waals surface area contributed by atoms with Crippen LogP contribution in [0.25, 0.3) is 0 Å². The summed E-state index contributed by atoms with van der Waals surface area (Å²) in [5.41, 5.74) is 5.04. The molecule has 3 nitrogen and oxygen atoms in total. The summed E-state index contributed by atoms with van der Waals surface area (Å²) in [6.07, 6.45) is 3.90. The van der Waals surface area contributed by atoms with Crippen LogP contribution in [0.15, 0.2) is 30.5 Å². The first-order valence-electron chi connectivity index (χ1n) is 6.19. The van der Waals surface area contributed by atoms with Crippen molar-refractivity contribution in [3.63, 3.8) is 0 Å². The second-order valence-electron chi connectivity index (χ2n) is 4.38. The Balaban J connectivity index is 2.11. The highest BCUT2D eigenvalue weighted by Gasteiger charge is 2.12. The Morgan fingerprint density at radius 3 is 2.61 bits per heavy atom. The van der Waals surface area contributed by atoms with E-state index in [9.17, 15) is 0 Å². The molecule has 0 saturated heterocycles. The first-order chi connectivity index (χ1) is 8.72. The minimum Gasteiger partial charge on any atom is -0.271 e. The van der Waals surface area contributed by atoms with Crippen molar-refractivity contribution in [2.24, 2.45) is 5.84 Å². The summed E-state index contributed by atoms with van der Waals surface area (Å²) in [7, 11) is 0. The van der Waals surface area contributed by atoms with E-state index in [-0.39, 0.29) is 6.04 Å². The summed E-state index contributed by atoms with van der Waals surface area (Å²) < 4.78 is 0. The van der Waals surface area contributed by atoms with Gasteiger partial charge >= 0.3 is 0 Å². The van der Waals surface area contributed by atoms with Crippen LogP contribution in [0.5, 0.6) is 0 Å². The van der Waals surface area contributed by atoms with E-state index >= 15 is 0 Å². The monoisotopic (exact) mass is 261 g/mol. The Morgan fingerprint density at radius 1 is 1.28 bits per heavy atom. The fourth-order valence-electron chi connectivity index (χ4n) is 1.88. The van der Waals surface area contributed by atoms with E-state index in [1.807, 2.05) is 30.5 Å². The van der Waals surface area contributed by atoms with E-state index in [0.717, 1.165) is 24.1 Å². The third-order valence-corrected chi connectivity index (χ3v) is 4.26. The van der Waals surface area contributed by atoms with Crippen LogP contribution < -0.4 is 11.3 Å². The minimum atomic E-state index is 0.126. The molecule has 4 heteroatoms. The zero-order chi connectivity index (χ0) is 13.0. The molecule has 2 aromatic rings. The molecule has 0 spiro atoms. The Kier molecular flexibility index (Phi) is 4.47. The molecule has 2 rings (SSSR count). The molecule has 1 unspecified atom stereocenters. The second-order valence-corrected chi connectivity index (χ2v) is 5.63. The molecule has 0 radical (unpaired) electrons. The van der Waals surface area contributed by atoms with Crippen molar-refractivity contribution in [2.75, 3.05) is 0 Å². The normalized spacial score (nSPS) is 12.6. The Morgan fingerprint density at radius 2 is 2.06 bits per heavy atom. The van der Waals surface area contributed by atoms with E-state index in [4.69, 9.17) is 5.84 Å². The lowest BCUT2D eigenvalue weighted by molar-refractivity contribution is 0.553. The Hall–Kier alpha value is -1.23. The van der Waals surface area contributed by atoms with Crippen LogP contribution in [0.3, 0.4) is 0 Å². The number of thiophene rings is 1. The molecule has 1 atom stereocenters. The number of hydrogen-bond donors (Lipinski definition) is 2. The predicted octanol–water partition coefficient (Wildman–Crippen LogP) is 2.76. The molecule has 0 amide bonds. The van der Waals surface area contributed by atoms with Crippen molar-refractivity contribution in [2.45, 2.75) is 32.7 Å². The lowest BCUT2D eigenvalue weighted by Gasteiger charge is -2.15. The number of hydrogen-bond acceptors (Lipinski definition) is 4. The van der Waals surface area contributed by atoms with Gasteiger partial charge in [-0.05, 0) is 37.1 Å². The zero-order valence-corrected chi connectivity index (χ0v) is 11.6. The number of nitrogens with zero attached hydrogens (tertiary/aromatic N) is 1. The van der Waals surface area contributed by atoms with Gasteiger partial charge in [0, 0.05) is 28.1 Å². The van der Waals surface area contributed by atoms with Gasteiger partial charge in [-0.1, -0.05) is 13.0 Å². The Labute approximate surface area is 112 Å². The van der Waals surface area contributed by atoms with Crippen LogP contribution in [0.4, 0.5) is 0 Å². The number of aromatic nitrogens is 1. The van der Waals surface area contributed by atoms with Gasteiger partial charge in [0.1, 0.15) is 0 Å². The molecule has 0 bridgehead atoms. The topological polar surface area (TPSA) is 50.9 Å². The molecule has 0 aliphatic rings. The highest BCUT2D eigenvalue weighted by Crippen LogP contribution is 2.23. The fourth-order valence-corrected chi connectivity index (χ4v) is 2.88. The average molecular weight is 261 g/mol. The van der Waals surface area contributed by atoms with Gasteiger partial charge in [0.05, 0.1) is 6.04 Å². The van der Waals surface area contributed by atoms with Crippen LogP contribution >= 0.6 is 11.3 Å². The zero-order valence-electron chi connectivity index (χ0n) is 10.8. The van der Waals surface area contributed by atoms with Crippen LogP contribution in [-0.2, 0) is 12.8 Å². The van der Waals surface area contributed by atoms with Gasteiger partial charge in [0.2, 0.25) is 0 Å². The van der Waals surface area contributed by atoms with Crippen molar-refractivity contribution in [1.29, 1.82) is 0 Å². The molecule has 18 heavy (non-hydrogen) atoms. The third kappa shape index (κ3) is 3.16. The quantitative estimate of drug-likeness (QED) is 0.643. The van der Waals surface area contributed by atoms with E-state index in [1.54, 1.807) is 0 Å². The Bertz CT molecular complexity index is 490. The van der Waals surface area contributed by atoms with Gasteiger partial charge in [0.25, 0.3) is 0 Å². The predicted molar refractivity (Wildman–Crippen MR) is 76.4 cm³/mol. The number of hydrazine groups is 1. The fraction of sp³-hybridized carbons (Fsp3) is 0.357. The van der Waals surface area contributed by atoms with Gasteiger partial charge in [0.15, 0.2) is 0 Å². The van der Waals surface area contributed by atoms with Gasteiger partial charge < -0.3 is 0 Å². The van der Waals surface area contributed by atoms with Gasteiger partial charge in [-0.2, -0.15) is 0 Å². The maximum Gasteiger partial charge on any atom is 0.0523 e. The summed E-state index contributed by atoms with van der Waals surface area (Å²) in [6.45, 7) is 4.17. The lowest BCUT2D eigenvalue weighted by atomic mass is 10.1. The molecule has 0 saturated carbocycles. The minimum absolute atomic E-state index is 0.126. The summed E-state index contributed by atoms with van der Waals surface area (Å²) in [4.78, 5) is 7.09. The molecule has 0 aromatic carbocycles. The molecule has 2 aromatic heterocycles. The molecule has 0 aliphatic carbocycles. The highest BCUT2D eigenvalue weighted by atomic mass is 32.1. The first-order valence-corrected chi connectivity index (χ1v) is 7.01. The number of pyridine rings is 1. The highest BCUT2D eigenvalue weighted by molar-refractivity contribution is 7.11. The molecule has 3 N–H and O–H groups in total. The summed E-state index contributed by atoms with van der Waals surface area (Å²) in [5.74, 6) is 5.66. The maximum absolute atomic E-state index is 5.66. The van der Waals surface area contributed by atoms with E-state index in [0.29, 0.717) is 0 Å². The summed E-state index contributed by atoms with van der Waals surface area (Å²) >= 11 is 1.86. The number of nitrogens with one attached hydrogen (secondary N) is 1. The number of rotatable bonds is 5. The van der Waals surface area contributed by atoms with Crippen molar-refractivity contribution in [3.8, 4) is 0 Å². The first kappa shape index (κ1) is 13.2. The molecule has 96 valence electrons. The standard InChI is InChI=1S/C14H19N3S/c1-3-12-6-7-13(18-12)8-14(17-15)11-5-4-10(2)16-9-11/h4-7,9,14,17H,3,8,15H2,1-2H3. The van der Waals surface area contributed by atoms with Gasteiger partial charge in [-0.25, -0.2) is 0 Å². The van der Waals surface area contributed by atoms with Crippen LogP contribution in [0, 0.1) is 6.92 Å². The van der Waals surface area contributed by atoms with Crippen molar-refractivity contribution in [1.82, 2.24) is 10.4 Å². The van der Waals surface area contributed by atoms with Crippen LogP contribution in [-0.4, -0.2) is 4.98 Å². The van der Waals surface area contributed by atoms with Gasteiger partial charge in [-0.15, -0.1) is 11.3 Å². The molecular weight excluding hydrogens is 242 g/mol. The van der Waals surface area contributed by atoms with Crippen LogP contribution in [0.2, 0.25) is 0 Å². The summed E-state index contributed by atoms with van der Waals surface area (Å²) in [6, 6.07) is 8.62. The number of aryl methyl sites for hydroxylation is 2. The summed E-state index contributed by atoms with van der Waals surface area (Å²) in [5, 5.41) is 0. The maximum atomic E-state index is 5.66. The SMILES string of the molecule is CCc1ccc(CC(NN)c2ccc(C)nc2)s1. The largest absolute Gasteiger partial charge is 0.271 e. The van der Waals surface area contributed by atoms with Gasteiger partial charge in [-0.3, -0.25) is 16.3 Å². The molecular formula is C14H19N3S. The molecule has 0 aliphatic heterocycles. The van der Waals surface area contributed by atoms with Crippen molar-refractivity contribution in [3.05, 3.63) is 51.5 Å². The average Bonchev–Trinajstić information content (AvgIpc) is 2.85. The van der Waals surface area contributed by atoms with E-state index in [1.165, 1.54) is 9.75 Å². The van der Waals surface area contributed by atoms with Crippen molar-refractivity contribution >= 4 is 11.3 Å². The third-order valence-electron chi connectivity index (χ3n) is 3.01. The van der Waals surface area contributed by atoms with Crippen molar-refractivity contribution < 1.29 is 0 Å². The number of nitrogens with two attached hydrogens (primary N) is 1. The lowest BCUT2D eigenvalue weighted by Crippen LogP contribution is -2.29. The smallest absolute Gasteiger partial charge is 0.0523 e.